The third-order valence-electron chi connectivity index (χ3n) is 7.21. The molecule has 192 valence electrons. The van der Waals surface area contributed by atoms with Gasteiger partial charge in [0.15, 0.2) is 11.5 Å². The number of β-amino-alcohol motifs (C(OH)–C–C–N with tert-alkyl or cyclic N) is 1. The highest BCUT2D eigenvalue weighted by Crippen LogP contribution is 2.30. The molecule has 1 aromatic heterocycles. The Labute approximate surface area is 209 Å². The van der Waals surface area contributed by atoms with E-state index in [-0.39, 0.29) is 0 Å². The van der Waals surface area contributed by atoms with Crippen molar-refractivity contribution in [2.45, 2.75) is 44.8 Å². The highest BCUT2D eigenvalue weighted by molar-refractivity contribution is 5.43. The number of aromatic nitrogens is 2. The maximum Gasteiger partial charge on any atom is 0.161 e. The molecule has 35 heavy (non-hydrogen) atoms. The third kappa shape index (κ3) is 7.29. The lowest BCUT2D eigenvalue weighted by Crippen LogP contribution is -2.54. The van der Waals surface area contributed by atoms with Gasteiger partial charge >= 0.3 is 0 Å². The Morgan fingerprint density at radius 1 is 1.17 bits per heavy atom. The van der Waals surface area contributed by atoms with Crippen molar-refractivity contribution >= 4 is 5.82 Å². The Morgan fingerprint density at radius 3 is 2.74 bits per heavy atom. The van der Waals surface area contributed by atoms with E-state index in [1.165, 1.54) is 12.8 Å². The van der Waals surface area contributed by atoms with Gasteiger partial charge in [-0.2, -0.15) is 0 Å². The maximum absolute atomic E-state index is 11.3. The fourth-order valence-electron chi connectivity index (χ4n) is 5.26. The van der Waals surface area contributed by atoms with Crippen LogP contribution in [0, 0.1) is 5.92 Å². The molecule has 0 amide bonds. The van der Waals surface area contributed by atoms with Gasteiger partial charge in [-0.3, -0.25) is 14.8 Å². The second-order valence-corrected chi connectivity index (χ2v) is 10.3. The van der Waals surface area contributed by atoms with Gasteiger partial charge in [-0.25, -0.2) is 4.98 Å². The number of hydrogen-bond acceptors (Lipinski definition) is 8. The van der Waals surface area contributed by atoms with Gasteiger partial charge in [0.25, 0.3) is 0 Å². The predicted molar refractivity (Wildman–Crippen MR) is 138 cm³/mol. The van der Waals surface area contributed by atoms with Gasteiger partial charge in [0.1, 0.15) is 12.4 Å². The molecule has 2 fully saturated rings. The molecule has 2 saturated heterocycles. The largest absolute Gasteiger partial charge is 0.493 e. The molecule has 1 atom stereocenters. The van der Waals surface area contributed by atoms with E-state index in [0.717, 1.165) is 74.4 Å². The molecule has 0 aliphatic carbocycles. The molecule has 3 heterocycles. The first-order valence-corrected chi connectivity index (χ1v) is 12.9. The SMILES string of the molecule is COc1cc(CN(C)C[C@@]2(O)CCCN(c3cnccn3)C2)ccc1OCCN1CCC(C)CC1. The minimum atomic E-state index is -0.788. The number of aliphatic hydroxyl groups is 1. The number of anilines is 1. The molecule has 0 saturated carbocycles. The Morgan fingerprint density at radius 2 is 2.00 bits per heavy atom. The Balaban J connectivity index is 1.28. The first-order chi connectivity index (χ1) is 16.9. The first-order valence-electron chi connectivity index (χ1n) is 12.9. The van der Waals surface area contributed by atoms with E-state index in [4.69, 9.17) is 9.47 Å². The summed E-state index contributed by atoms with van der Waals surface area (Å²) in [6.45, 7) is 9.02. The molecular weight excluding hydrogens is 442 g/mol. The zero-order chi connectivity index (χ0) is 24.7. The van der Waals surface area contributed by atoms with E-state index in [0.29, 0.717) is 19.7 Å². The lowest BCUT2D eigenvalue weighted by atomic mass is 9.92. The van der Waals surface area contributed by atoms with Gasteiger partial charge < -0.3 is 19.5 Å². The minimum absolute atomic E-state index is 0.558. The normalized spacial score (nSPS) is 21.9. The maximum atomic E-state index is 11.3. The van der Waals surface area contributed by atoms with Gasteiger partial charge in [0, 0.05) is 45.1 Å². The van der Waals surface area contributed by atoms with Gasteiger partial charge in [0.05, 0.1) is 18.9 Å². The number of rotatable bonds is 10. The van der Waals surface area contributed by atoms with Crippen LogP contribution in [0.5, 0.6) is 11.5 Å². The van der Waals surface area contributed by atoms with Crippen LogP contribution in [0.3, 0.4) is 0 Å². The first kappa shape index (κ1) is 25.7. The molecule has 0 spiro atoms. The van der Waals surface area contributed by atoms with Crippen LogP contribution in [-0.4, -0.2) is 90.5 Å². The smallest absolute Gasteiger partial charge is 0.161 e. The molecule has 0 unspecified atom stereocenters. The van der Waals surface area contributed by atoms with Crippen LogP contribution in [0.2, 0.25) is 0 Å². The molecule has 2 aliphatic rings. The van der Waals surface area contributed by atoms with Gasteiger partial charge in [-0.1, -0.05) is 13.0 Å². The number of methoxy groups -OCH3 is 1. The molecule has 1 N–H and O–H groups in total. The molecule has 8 heteroatoms. The number of nitrogens with zero attached hydrogens (tertiary/aromatic N) is 5. The molecular formula is C27H41N5O3. The number of piperidine rings is 2. The summed E-state index contributed by atoms with van der Waals surface area (Å²) in [6.07, 6.45) is 9.39. The van der Waals surface area contributed by atoms with Gasteiger partial charge in [-0.15, -0.1) is 0 Å². The van der Waals surface area contributed by atoms with Crippen LogP contribution in [0.15, 0.2) is 36.8 Å². The van der Waals surface area contributed by atoms with E-state index >= 15 is 0 Å². The van der Waals surface area contributed by atoms with Crippen molar-refractivity contribution in [2.24, 2.45) is 5.92 Å². The summed E-state index contributed by atoms with van der Waals surface area (Å²) >= 11 is 0. The topological polar surface area (TPSA) is 74.2 Å². The number of benzene rings is 1. The lowest BCUT2D eigenvalue weighted by molar-refractivity contribution is -0.00350. The zero-order valence-corrected chi connectivity index (χ0v) is 21.5. The summed E-state index contributed by atoms with van der Waals surface area (Å²) in [6, 6.07) is 6.14. The Bertz CT molecular complexity index is 922. The minimum Gasteiger partial charge on any atom is -0.493 e. The van der Waals surface area contributed by atoms with Crippen LogP contribution in [0.25, 0.3) is 0 Å². The average Bonchev–Trinajstić information content (AvgIpc) is 2.86. The van der Waals surface area contributed by atoms with E-state index < -0.39 is 5.60 Å². The summed E-state index contributed by atoms with van der Waals surface area (Å²) in [5, 5.41) is 11.3. The van der Waals surface area contributed by atoms with E-state index in [2.05, 4.69) is 44.7 Å². The second-order valence-electron chi connectivity index (χ2n) is 10.3. The van der Waals surface area contributed by atoms with Crippen LogP contribution < -0.4 is 14.4 Å². The van der Waals surface area contributed by atoms with E-state index in [9.17, 15) is 5.11 Å². The van der Waals surface area contributed by atoms with Crippen LogP contribution >= 0.6 is 0 Å². The summed E-state index contributed by atoms with van der Waals surface area (Å²) in [7, 11) is 3.74. The summed E-state index contributed by atoms with van der Waals surface area (Å²) in [4.78, 5) is 15.4. The van der Waals surface area contributed by atoms with Crippen molar-refractivity contribution in [3.05, 3.63) is 42.4 Å². The summed E-state index contributed by atoms with van der Waals surface area (Å²) in [5.74, 6) is 3.21. The Hall–Kier alpha value is -2.42. The molecule has 0 bridgehead atoms. The Kier molecular flexibility index (Phi) is 8.81. The number of likely N-dealkylation sites (N-methyl/N-ethyl adjacent to an activating group) is 1. The zero-order valence-electron chi connectivity index (χ0n) is 21.5. The highest BCUT2D eigenvalue weighted by atomic mass is 16.5. The van der Waals surface area contributed by atoms with Crippen LogP contribution in [0.4, 0.5) is 5.82 Å². The predicted octanol–water partition coefficient (Wildman–Crippen LogP) is 3.06. The van der Waals surface area contributed by atoms with Crippen molar-refractivity contribution in [1.82, 2.24) is 19.8 Å². The summed E-state index contributed by atoms with van der Waals surface area (Å²) < 4.78 is 11.7. The molecule has 4 rings (SSSR count). The summed E-state index contributed by atoms with van der Waals surface area (Å²) in [5.41, 5.74) is 0.344. The fourth-order valence-corrected chi connectivity index (χ4v) is 5.26. The molecule has 2 aromatic rings. The monoisotopic (exact) mass is 483 g/mol. The highest BCUT2D eigenvalue weighted by Gasteiger charge is 2.35. The van der Waals surface area contributed by atoms with Crippen LogP contribution in [0.1, 0.15) is 38.2 Å². The van der Waals surface area contributed by atoms with E-state index in [1.807, 2.05) is 12.1 Å². The quantitative estimate of drug-likeness (QED) is 0.553. The fraction of sp³-hybridized carbons (Fsp3) is 0.630. The number of hydrogen-bond donors (Lipinski definition) is 1. The second kappa shape index (κ2) is 12.0. The van der Waals surface area contributed by atoms with E-state index in [1.54, 1.807) is 25.7 Å². The van der Waals surface area contributed by atoms with Gasteiger partial charge in [0.2, 0.25) is 0 Å². The molecule has 0 radical (unpaired) electrons. The van der Waals surface area contributed by atoms with Crippen molar-refractivity contribution in [3.8, 4) is 11.5 Å². The molecule has 2 aliphatic heterocycles. The van der Waals surface area contributed by atoms with Crippen LogP contribution in [-0.2, 0) is 6.54 Å². The molecule has 8 nitrogen and oxygen atoms in total. The number of likely N-dealkylation sites (tertiary alicyclic amines) is 1. The number of ether oxygens (including phenoxy) is 2. The standard InChI is InChI=1S/C27H41N5O3/c1-22-7-13-31(14-8-22)15-16-35-24-6-5-23(17-25(24)34-3)19-30(2)20-27(33)9-4-12-32(21-27)26-18-28-10-11-29-26/h5-6,10-11,17-18,22,33H,4,7-9,12-16,19-21H2,1-3H3/t27-/m0/s1. The average molecular weight is 484 g/mol. The van der Waals surface area contributed by atoms with Crippen molar-refractivity contribution in [2.75, 3.05) is 64.9 Å². The third-order valence-corrected chi connectivity index (χ3v) is 7.21. The van der Waals surface area contributed by atoms with Crippen molar-refractivity contribution < 1.29 is 14.6 Å². The van der Waals surface area contributed by atoms with Gasteiger partial charge in [-0.05, 0) is 69.4 Å². The lowest BCUT2D eigenvalue weighted by Gasteiger charge is -2.41. The molecule has 1 aromatic carbocycles. The van der Waals surface area contributed by atoms with Crippen molar-refractivity contribution in [3.63, 3.8) is 0 Å². The van der Waals surface area contributed by atoms with Crippen molar-refractivity contribution in [1.29, 1.82) is 0 Å².